The van der Waals surface area contributed by atoms with Crippen LogP contribution in [0.4, 0.5) is 0 Å². The predicted molar refractivity (Wildman–Crippen MR) is 138 cm³/mol. The van der Waals surface area contributed by atoms with Gasteiger partial charge in [-0.1, -0.05) is 61.9 Å². The summed E-state index contributed by atoms with van der Waals surface area (Å²) in [4.78, 5) is 31.7. The Bertz CT molecular complexity index is 1390. The van der Waals surface area contributed by atoms with E-state index in [9.17, 15) is 9.59 Å². The molecule has 6 nitrogen and oxygen atoms in total. The molecule has 6 heteroatoms. The first-order valence-electron chi connectivity index (χ1n) is 12.0. The van der Waals surface area contributed by atoms with Crippen LogP contribution in [0.1, 0.15) is 47.3 Å². The third-order valence-electron chi connectivity index (χ3n) is 6.60. The van der Waals surface area contributed by atoms with E-state index in [4.69, 9.17) is 4.74 Å². The summed E-state index contributed by atoms with van der Waals surface area (Å²) in [5, 5.41) is 3.99. The van der Waals surface area contributed by atoms with Gasteiger partial charge in [0.15, 0.2) is 0 Å². The minimum atomic E-state index is -0.395. The van der Waals surface area contributed by atoms with Gasteiger partial charge in [0.1, 0.15) is 12.3 Å². The minimum Gasteiger partial charge on any atom is -0.497 e. The van der Waals surface area contributed by atoms with Crippen LogP contribution in [0.5, 0.6) is 5.75 Å². The van der Waals surface area contributed by atoms with Crippen LogP contribution in [0.3, 0.4) is 0 Å². The normalized spacial score (nSPS) is 14.9. The fourth-order valence-electron chi connectivity index (χ4n) is 4.91. The Morgan fingerprint density at radius 2 is 1.86 bits per heavy atom. The third kappa shape index (κ3) is 4.16. The van der Waals surface area contributed by atoms with Crippen LogP contribution in [0.25, 0.3) is 22.2 Å². The van der Waals surface area contributed by atoms with Crippen LogP contribution >= 0.6 is 0 Å². The number of ether oxygens (including phenoxy) is 1. The van der Waals surface area contributed by atoms with Crippen molar-refractivity contribution in [3.63, 3.8) is 0 Å². The van der Waals surface area contributed by atoms with Crippen molar-refractivity contribution < 1.29 is 14.3 Å². The fourth-order valence-corrected chi connectivity index (χ4v) is 4.91. The summed E-state index contributed by atoms with van der Waals surface area (Å²) in [6.07, 6.45) is 1.90. The van der Waals surface area contributed by atoms with Crippen molar-refractivity contribution in [1.82, 2.24) is 15.2 Å². The van der Waals surface area contributed by atoms with Gasteiger partial charge in [0.05, 0.1) is 18.8 Å². The molecule has 4 aromatic rings. The number of benzene rings is 3. The second kappa shape index (κ2) is 9.66. The average molecular weight is 468 g/mol. The van der Waals surface area contributed by atoms with Crippen molar-refractivity contribution in [2.75, 3.05) is 20.2 Å². The number of amides is 2. The maximum atomic E-state index is 13.6. The van der Waals surface area contributed by atoms with Crippen molar-refractivity contribution in [2.45, 2.75) is 25.8 Å². The quantitative estimate of drug-likeness (QED) is 0.345. The first-order valence-corrected chi connectivity index (χ1v) is 12.0. The Morgan fingerprint density at radius 3 is 2.69 bits per heavy atom. The highest BCUT2D eigenvalue weighted by Crippen LogP contribution is 2.45. The van der Waals surface area contributed by atoms with Gasteiger partial charge in [-0.15, -0.1) is 0 Å². The maximum Gasteiger partial charge on any atom is 0.255 e. The molecule has 0 saturated carbocycles. The number of fused-ring (bicyclic) bond motifs is 2. The summed E-state index contributed by atoms with van der Waals surface area (Å²) < 4.78 is 5.48. The lowest BCUT2D eigenvalue weighted by Crippen LogP contribution is -2.40. The largest absolute Gasteiger partial charge is 0.497 e. The van der Waals surface area contributed by atoms with Crippen LogP contribution < -0.4 is 10.1 Å². The minimum absolute atomic E-state index is 0.00104. The molecule has 0 spiro atoms. The summed E-state index contributed by atoms with van der Waals surface area (Å²) in [7, 11) is 1.65. The van der Waals surface area contributed by atoms with E-state index in [2.05, 4.69) is 23.3 Å². The lowest BCUT2D eigenvalue weighted by molar-refractivity contribution is -0.122. The lowest BCUT2D eigenvalue weighted by atomic mass is 9.93. The van der Waals surface area contributed by atoms with E-state index >= 15 is 0 Å². The number of aromatic nitrogens is 1. The summed E-state index contributed by atoms with van der Waals surface area (Å²) in [5.74, 6) is 0.479. The number of methoxy groups -OCH3 is 1. The first-order chi connectivity index (χ1) is 17.1. The Morgan fingerprint density at radius 1 is 1.06 bits per heavy atom. The van der Waals surface area contributed by atoms with E-state index in [1.807, 2.05) is 66.7 Å². The van der Waals surface area contributed by atoms with Gasteiger partial charge in [0.25, 0.3) is 5.91 Å². The fraction of sp³-hybridized carbons (Fsp3) is 0.241. The molecule has 2 N–H and O–H groups in total. The zero-order valence-corrected chi connectivity index (χ0v) is 20.0. The number of rotatable bonds is 8. The van der Waals surface area contributed by atoms with E-state index in [1.165, 1.54) is 0 Å². The number of nitrogens with one attached hydrogen (secondary N) is 2. The van der Waals surface area contributed by atoms with Gasteiger partial charge in [-0.05, 0) is 36.2 Å². The molecule has 178 valence electrons. The van der Waals surface area contributed by atoms with Crippen LogP contribution in [-0.2, 0) is 4.79 Å². The number of para-hydroxylation sites is 1. The molecule has 0 radical (unpaired) electrons. The Labute approximate surface area is 204 Å². The van der Waals surface area contributed by atoms with Crippen LogP contribution in [-0.4, -0.2) is 41.9 Å². The number of H-pyrrole nitrogens is 1. The molecule has 0 aliphatic carbocycles. The molecule has 35 heavy (non-hydrogen) atoms. The number of hydrogen-bond donors (Lipinski definition) is 2. The summed E-state index contributed by atoms with van der Waals surface area (Å²) in [6, 6.07) is 23.2. The zero-order valence-electron chi connectivity index (χ0n) is 20.0. The molecular weight excluding hydrogens is 438 g/mol. The van der Waals surface area contributed by atoms with Gasteiger partial charge in [0.2, 0.25) is 5.91 Å². The van der Waals surface area contributed by atoms with E-state index in [0.29, 0.717) is 12.1 Å². The zero-order chi connectivity index (χ0) is 24.4. The van der Waals surface area contributed by atoms with Crippen molar-refractivity contribution in [3.05, 3.63) is 89.5 Å². The van der Waals surface area contributed by atoms with E-state index in [-0.39, 0.29) is 18.4 Å². The van der Waals surface area contributed by atoms with Crippen molar-refractivity contribution in [3.8, 4) is 17.0 Å². The monoisotopic (exact) mass is 467 g/mol. The standard InChI is InChI=1S/C29H29N3O3/c1-3-4-16-30-25(33)18-32-28(21-12-5-6-13-22(21)29(32)34)26-23-14-7-8-15-24(23)31-27(26)19-10-9-11-20(17-19)35-2/h5-15,17,28,31H,3-4,16,18H2,1-2H3,(H,30,33)/t28-/m0/s1. The Balaban J connectivity index is 1.67. The van der Waals surface area contributed by atoms with Gasteiger partial charge in [-0.2, -0.15) is 0 Å². The average Bonchev–Trinajstić information content (AvgIpc) is 3.39. The molecule has 0 bridgehead atoms. The maximum absolute atomic E-state index is 13.6. The van der Waals surface area contributed by atoms with Crippen molar-refractivity contribution in [2.24, 2.45) is 0 Å². The van der Waals surface area contributed by atoms with Gasteiger partial charge < -0.3 is 19.9 Å². The second-order valence-corrected chi connectivity index (χ2v) is 8.82. The van der Waals surface area contributed by atoms with E-state index < -0.39 is 6.04 Å². The molecule has 0 saturated heterocycles. The van der Waals surface area contributed by atoms with Crippen LogP contribution in [0.2, 0.25) is 0 Å². The second-order valence-electron chi connectivity index (χ2n) is 8.82. The summed E-state index contributed by atoms with van der Waals surface area (Å²) >= 11 is 0. The molecule has 1 atom stereocenters. The smallest absolute Gasteiger partial charge is 0.255 e. The van der Waals surface area contributed by atoms with Crippen LogP contribution in [0, 0.1) is 0 Å². The van der Waals surface area contributed by atoms with Crippen LogP contribution in [0.15, 0.2) is 72.8 Å². The highest BCUT2D eigenvalue weighted by atomic mass is 16.5. The number of nitrogens with zero attached hydrogens (tertiary/aromatic N) is 1. The SMILES string of the molecule is CCCCNC(=O)CN1C(=O)c2ccccc2[C@H]1c1c(-c2cccc(OC)c2)[nH]c2ccccc12. The number of carbonyl (C=O) groups excluding carboxylic acids is 2. The molecule has 1 aromatic heterocycles. The molecule has 0 fully saturated rings. The first kappa shape index (κ1) is 22.7. The van der Waals surface area contributed by atoms with Crippen molar-refractivity contribution >= 4 is 22.7 Å². The van der Waals surface area contributed by atoms with Gasteiger partial charge in [0, 0.05) is 34.1 Å². The predicted octanol–water partition coefficient (Wildman–Crippen LogP) is 5.31. The summed E-state index contributed by atoms with van der Waals surface area (Å²) in [6.45, 7) is 2.69. The molecule has 3 aromatic carbocycles. The van der Waals surface area contributed by atoms with Crippen molar-refractivity contribution in [1.29, 1.82) is 0 Å². The highest BCUT2D eigenvalue weighted by Gasteiger charge is 2.40. The number of aromatic amines is 1. The lowest BCUT2D eigenvalue weighted by Gasteiger charge is -2.26. The molecule has 0 unspecified atom stereocenters. The molecule has 1 aliphatic heterocycles. The van der Waals surface area contributed by atoms with Gasteiger partial charge >= 0.3 is 0 Å². The summed E-state index contributed by atoms with van der Waals surface area (Å²) in [5.41, 5.74) is 5.38. The van der Waals surface area contributed by atoms with Gasteiger partial charge in [-0.3, -0.25) is 9.59 Å². The molecule has 2 amide bonds. The van der Waals surface area contributed by atoms with Gasteiger partial charge in [-0.25, -0.2) is 0 Å². The number of carbonyl (C=O) groups is 2. The highest BCUT2D eigenvalue weighted by molar-refractivity contribution is 6.03. The Kier molecular flexibility index (Phi) is 6.27. The molecule has 5 rings (SSSR count). The topological polar surface area (TPSA) is 74.4 Å². The van der Waals surface area contributed by atoms with E-state index in [1.54, 1.807) is 12.0 Å². The molecular formula is C29H29N3O3. The molecule has 1 aliphatic rings. The Hall–Kier alpha value is -4.06. The number of unbranched alkanes of at least 4 members (excludes halogenated alkanes) is 1. The van der Waals surface area contributed by atoms with E-state index in [0.717, 1.165) is 51.9 Å². The number of hydrogen-bond acceptors (Lipinski definition) is 3. The third-order valence-corrected chi connectivity index (χ3v) is 6.60. The molecule has 2 heterocycles.